The van der Waals surface area contributed by atoms with Gasteiger partial charge < -0.3 is 5.32 Å². The third-order valence-corrected chi connectivity index (χ3v) is 5.87. The van der Waals surface area contributed by atoms with Gasteiger partial charge in [0.15, 0.2) is 0 Å². The molecule has 2 aromatic rings. The van der Waals surface area contributed by atoms with Crippen molar-refractivity contribution in [3.8, 4) is 10.4 Å². The maximum atomic E-state index is 12.2. The summed E-state index contributed by atoms with van der Waals surface area (Å²) < 4.78 is 0. The number of hydrogen-bond donors (Lipinski definition) is 1. The van der Waals surface area contributed by atoms with Crippen LogP contribution in [0.2, 0.25) is 0 Å². The lowest BCUT2D eigenvalue weighted by Gasteiger charge is -2.14. The molecule has 0 spiro atoms. The van der Waals surface area contributed by atoms with Crippen molar-refractivity contribution in [3.05, 3.63) is 40.8 Å². The van der Waals surface area contributed by atoms with Gasteiger partial charge in [-0.1, -0.05) is 25.1 Å². The number of carbonyl (C=O) groups is 1. The Bertz CT molecular complexity index is 648. The van der Waals surface area contributed by atoms with Crippen LogP contribution in [0.15, 0.2) is 35.2 Å². The fraction of sp³-hybridized carbons (Fsp3) is 0.312. The smallest absolute Gasteiger partial charge is 0.261 e. The number of fused-ring (bicyclic) bond motifs is 3. The molecule has 1 aliphatic rings. The maximum Gasteiger partial charge on any atom is 0.261 e. The molecule has 0 bridgehead atoms. The van der Waals surface area contributed by atoms with E-state index in [1.165, 1.54) is 20.9 Å². The van der Waals surface area contributed by atoms with Crippen molar-refractivity contribution in [2.24, 2.45) is 0 Å². The van der Waals surface area contributed by atoms with Crippen molar-refractivity contribution in [1.82, 2.24) is 5.32 Å². The van der Waals surface area contributed by atoms with Crippen LogP contribution in [0.1, 0.15) is 35.5 Å². The summed E-state index contributed by atoms with van der Waals surface area (Å²) in [5.74, 6) is 1.01. The van der Waals surface area contributed by atoms with Crippen molar-refractivity contribution in [3.63, 3.8) is 0 Å². The lowest BCUT2D eigenvalue weighted by atomic mass is 10.1. The van der Waals surface area contributed by atoms with E-state index in [0.29, 0.717) is 0 Å². The van der Waals surface area contributed by atoms with Gasteiger partial charge in [0.05, 0.1) is 4.88 Å². The molecule has 1 aliphatic heterocycles. The number of amides is 1. The molecule has 20 heavy (non-hydrogen) atoms. The molecule has 1 aromatic carbocycles. The predicted octanol–water partition coefficient (Wildman–Crippen LogP) is 4.55. The summed E-state index contributed by atoms with van der Waals surface area (Å²) >= 11 is 3.46. The number of rotatable bonds is 3. The van der Waals surface area contributed by atoms with E-state index in [9.17, 15) is 4.79 Å². The summed E-state index contributed by atoms with van der Waals surface area (Å²) in [6.07, 6.45) is 0.954. The van der Waals surface area contributed by atoms with Crippen LogP contribution in [0.4, 0.5) is 0 Å². The zero-order valence-electron chi connectivity index (χ0n) is 11.6. The maximum absolute atomic E-state index is 12.2. The molecule has 2 heterocycles. The average molecular weight is 303 g/mol. The van der Waals surface area contributed by atoms with Gasteiger partial charge in [-0.05, 0) is 31.0 Å². The summed E-state index contributed by atoms with van der Waals surface area (Å²) in [6.45, 7) is 4.12. The lowest BCUT2D eigenvalue weighted by Crippen LogP contribution is -2.31. The van der Waals surface area contributed by atoms with Gasteiger partial charge in [-0.3, -0.25) is 4.79 Å². The molecule has 0 saturated heterocycles. The van der Waals surface area contributed by atoms with Gasteiger partial charge in [0.2, 0.25) is 0 Å². The first kappa shape index (κ1) is 13.7. The normalized spacial score (nSPS) is 14.3. The summed E-state index contributed by atoms with van der Waals surface area (Å²) in [5, 5.41) is 3.04. The van der Waals surface area contributed by atoms with Crippen molar-refractivity contribution in [2.45, 2.75) is 37.0 Å². The van der Waals surface area contributed by atoms with Crippen LogP contribution in [0.25, 0.3) is 10.4 Å². The Labute approximate surface area is 127 Å². The average Bonchev–Trinajstić information content (AvgIpc) is 2.91. The first-order valence-electron chi connectivity index (χ1n) is 6.84. The number of thiophene rings is 1. The van der Waals surface area contributed by atoms with E-state index < -0.39 is 0 Å². The van der Waals surface area contributed by atoms with E-state index in [0.717, 1.165) is 17.1 Å². The molecular formula is C16H17NOS2. The second kappa shape index (κ2) is 5.62. The molecule has 0 saturated carbocycles. The largest absolute Gasteiger partial charge is 0.349 e. The monoisotopic (exact) mass is 303 g/mol. The SMILES string of the molecule is CCC(C)NC(=O)c1cc2c(s1)-c1ccccc1SC2. The molecule has 1 unspecified atom stereocenters. The molecule has 1 amide bonds. The molecule has 1 N–H and O–H groups in total. The molecular weight excluding hydrogens is 286 g/mol. The van der Waals surface area contributed by atoms with Crippen molar-refractivity contribution in [2.75, 3.05) is 0 Å². The van der Waals surface area contributed by atoms with E-state index in [2.05, 4.69) is 42.6 Å². The molecule has 3 rings (SSSR count). The number of thioether (sulfide) groups is 1. The Balaban J connectivity index is 1.92. The van der Waals surface area contributed by atoms with Gasteiger partial charge in [-0.2, -0.15) is 0 Å². The number of hydrogen-bond acceptors (Lipinski definition) is 3. The molecule has 0 fully saturated rings. The van der Waals surface area contributed by atoms with Crippen LogP contribution in [0, 0.1) is 0 Å². The van der Waals surface area contributed by atoms with E-state index >= 15 is 0 Å². The third kappa shape index (κ3) is 2.50. The summed E-state index contributed by atoms with van der Waals surface area (Å²) in [5.41, 5.74) is 2.55. The highest BCUT2D eigenvalue weighted by Crippen LogP contribution is 2.45. The van der Waals surface area contributed by atoms with Crippen LogP contribution >= 0.6 is 23.1 Å². The topological polar surface area (TPSA) is 29.1 Å². The molecule has 4 heteroatoms. The fourth-order valence-electron chi connectivity index (χ4n) is 2.21. The Hall–Kier alpha value is -1.26. The molecule has 104 valence electrons. The van der Waals surface area contributed by atoms with E-state index in [1.807, 2.05) is 18.7 Å². The van der Waals surface area contributed by atoms with Crippen molar-refractivity contribution in [1.29, 1.82) is 0 Å². The van der Waals surface area contributed by atoms with Crippen LogP contribution in [0.3, 0.4) is 0 Å². The van der Waals surface area contributed by atoms with Crippen LogP contribution < -0.4 is 5.32 Å². The molecule has 0 radical (unpaired) electrons. The first-order chi connectivity index (χ1) is 9.69. The highest BCUT2D eigenvalue weighted by molar-refractivity contribution is 7.98. The summed E-state index contributed by atoms with van der Waals surface area (Å²) in [4.78, 5) is 15.6. The molecule has 0 aliphatic carbocycles. The minimum atomic E-state index is 0.0567. The minimum absolute atomic E-state index is 0.0567. The first-order valence-corrected chi connectivity index (χ1v) is 8.65. The Morgan fingerprint density at radius 2 is 2.20 bits per heavy atom. The second-order valence-electron chi connectivity index (χ2n) is 5.03. The van der Waals surface area contributed by atoms with E-state index in [1.54, 1.807) is 11.3 Å². The highest BCUT2D eigenvalue weighted by Gasteiger charge is 2.22. The quantitative estimate of drug-likeness (QED) is 0.901. The molecule has 1 aromatic heterocycles. The Morgan fingerprint density at radius 3 is 3.00 bits per heavy atom. The lowest BCUT2D eigenvalue weighted by molar-refractivity contribution is 0.0943. The van der Waals surface area contributed by atoms with Gasteiger partial charge in [0, 0.05) is 27.1 Å². The molecule has 2 nitrogen and oxygen atoms in total. The summed E-state index contributed by atoms with van der Waals surface area (Å²) in [7, 11) is 0. The van der Waals surface area contributed by atoms with Crippen molar-refractivity contribution < 1.29 is 4.79 Å². The zero-order valence-corrected chi connectivity index (χ0v) is 13.2. The predicted molar refractivity (Wildman–Crippen MR) is 86.5 cm³/mol. The van der Waals surface area contributed by atoms with E-state index in [4.69, 9.17) is 0 Å². The number of carbonyl (C=O) groups excluding carboxylic acids is 1. The van der Waals surface area contributed by atoms with Gasteiger partial charge >= 0.3 is 0 Å². The van der Waals surface area contributed by atoms with Gasteiger partial charge in [0.25, 0.3) is 5.91 Å². The van der Waals surface area contributed by atoms with Crippen LogP contribution in [-0.4, -0.2) is 11.9 Å². The van der Waals surface area contributed by atoms with Gasteiger partial charge in [0.1, 0.15) is 0 Å². The number of nitrogens with one attached hydrogen (secondary N) is 1. The van der Waals surface area contributed by atoms with E-state index in [-0.39, 0.29) is 11.9 Å². The zero-order chi connectivity index (χ0) is 14.1. The standard InChI is InChI=1S/C16H17NOS2/c1-3-10(2)17-16(18)14-8-11-9-19-13-7-5-4-6-12(13)15(11)20-14/h4-8,10H,3,9H2,1-2H3,(H,17,18). The van der Waals surface area contributed by atoms with Gasteiger partial charge in [-0.25, -0.2) is 0 Å². The second-order valence-corrected chi connectivity index (χ2v) is 7.10. The highest BCUT2D eigenvalue weighted by atomic mass is 32.2. The van der Waals surface area contributed by atoms with Crippen LogP contribution in [0.5, 0.6) is 0 Å². The minimum Gasteiger partial charge on any atom is -0.349 e. The number of benzene rings is 1. The third-order valence-electron chi connectivity index (χ3n) is 3.54. The Morgan fingerprint density at radius 1 is 1.40 bits per heavy atom. The van der Waals surface area contributed by atoms with Gasteiger partial charge in [-0.15, -0.1) is 23.1 Å². The van der Waals surface area contributed by atoms with Crippen molar-refractivity contribution >= 4 is 29.0 Å². The summed E-state index contributed by atoms with van der Waals surface area (Å²) in [6, 6.07) is 10.7. The molecule has 1 atom stereocenters. The fourth-order valence-corrected chi connectivity index (χ4v) is 4.53. The van der Waals surface area contributed by atoms with Crippen LogP contribution in [-0.2, 0) is 5.75 Å². The Kier molecular flexibility index (Phi) is 3.85.